The lowest BCUT2D eigenvalue weighted by molar-refractivity contribution is 0.584. The topological polar surface area (TPSA) is 55.1 Å². The first-order valence-corrected chi connectivity index (χ1v) is 16.9. The van der Waals surface area contributed by atoms with E-state index in [0.717, 1.165) is 33.4 Å². The zero-order valence-corrected chi connectivity index (χ0v) is 27.0. The minimum Gasteiger partial charge on any atom is -0.456 e. The minimum absolute atomic E-state index is 0.0922. The highest BCUT2D eigenvalue weighted by Crippen LogP contribution is 2.54. The smallest absolute Gasteiger partial charge is 0.167 e. The molecule has 0 bridgehead atoms. The van der Waals surface area contributed by atoms with Gasteiger partial charge in [-0.1, -0.05) is 140 Å². The maximum Gasteiger partial charge on any atom is 0.167 e. The summed E-state index contributed by atoms with van der Waals surface area (Å²) >= 11 is 0. The van der Waals surface area contributed by atoms with Crippen LogP contribution in [0.1, 0.15) is 22.8 Å². The number of hydrogen-bond acceptors (Lipinski definition) is 5. The van der Waals surface area contributed by atoms with Crippen molar-refractivity contribution in [3.8, 4) is 45.3 Å². The Bertz CT molecular complexity index is 2480. The second-order valence-corrected chi connectivity index (χ2v) is 12.8. The Kier molecular flexibility index (Phi) is 6.56. The Balaban J connectivity index is 1.10. The molecule has 1 aliphatic carbocycles. The van der Waals surface area contributed by atoms with Crippen LogP contribution in [0.2, 0.25) is 0 Å². The Morgan fingerprint density at radius 3 is 1.76 bits per heavy atom. The van der Waals surface area contributed by atoms with Crippen molar-refractivity contribution in [3.05, 3.63) is 181 Å². The highest BCUT2D eigenvalue weighted by molar-refractivity contribution is 5.97. The summed E-state index contributed by atoms with van der Waals surface area (Å²) in [6.45, 7) is 0. The zero-order chi connectivity index (χ0) is 33.0. The van der Waals surface area contributed by atoms with Crippen LogP contribution in [0.4, 0.5) is 11.4 Å². The molecule has 0 N–H and O–H groups in total. The quantitative estimate of drug-likeness (QED) is 0.187. The van der Waals surface area contributed by atoms with Gasteiger partial charge in [0.2, 0.25) is 0 Å². The number of furan rings is 1. The molecule has 8 aromatic rings. The summed E-state index contributed by atoms with van der Waals surface area (Å²) in [5.74, 6) is 2.81. The third-order valence-corrected chi connectivity index (χ3v) is 9.90. The van der Waals surface area contributed by atoms with Gasteiger partial charge in [0, 0.05) is 39.4 Å². The third kappa shape index (κ3) is 4.59. The number of para-hydroxylation sites is 2. The molecule has 2 aliphatic rings. The highest BCUT2D eigenvalue weighted by atomic mass is 16.3. The molecular formula is C45H30N4O. The lowest BCUT2D eigenvalue weighted by Gasteiger charge is -2.30. The molecule has 50 heavy (non-hydrogen) atoms. The molecule has 0 saturated carbocycles. The number of fused-ring (bicyclic) bond motifs is 7. The van der Waals surface area contributed by atoms with Crippen molar-refractivity contribution in [2.45, 2.75) is 12.0 Å². The number of aromatic nitrogens is 3. The van der Waals surface area contributed by atoms with E-state index >= 15 is 0 Å². The molecule has 236 valence electrons. The molecule has 2 atom stereocenters. The van der Waals surface area contributed by atoms with Crippen LogP contribution in [0.5, 0.6) is 0 Å². The Morgan fingerprint density at radius 1 is 0.500 bits per heavy atom. The molecule has 3 heterocycles. The van der Waals surface area contributed by atoms with E-state index in [4.69, 9.17) is 19.4 Å². The van der Waals surface area contributed by atoms with Crippen LogP contribution >= 0.6 is 0 Å². The van der Waals surface area contributed by atoms with E-state index in [1.165, 1.54) is 33.6 Å². The Hall–Kier alpha value is -6.59. The van der Waals surface area contributed by atoms with Gasteiger partial charge in [-0.2, -0.15) is 0 Å². The predicted molar refractivity (Wildman–Crippen MR) is 201 cm³/mol. The van der Waals surface area contributed by atoms with E-state index in [0.29, 0.717) is 17.5 Å². The first kappa shape index (κ1) is 28.4. The fourth-order valence-corrected chi connectivity index (χ4v) is 7.64. The Labute approximate surface area is 289 Å². The van der Waals surface area contributed by atoms with Gasteiger partial charge in [-0.3, -0.25) is 0 Å². The maximum atomic E-state index is 6.79. The molecule has 6 aromatic carbocycles. The molecule has 2 aromatic heterocycles. The van der Waals surface area contributed by atoms with Gasteiger partial charge >= 0.3 is 0 Å². The van der Waals surface area contributed by atoms with Gasteiger partial charge in [-0.25, -0.2) is 15.0 Å². The van der Waals surface area contributed by atoms with E-state index in [-0.39, 0.29) is 12.0 Å². The number of nitrogens with zero attached hydrogens (tertiary/aromatic N) is 4. The van der Waals surface area contributed by atoms with E-state index in [1.807, 2.05) is 60.7 Å². The van der Waals surface area contributed by atoms with E-state index < -0.39 is 0 Å². The molecule has 2 unspecified atom stereocenters. The number of benzene rings is 6. The molecule has 10 rings (SSSR count). The molecule has 0 saturated heterocycles. The lowest BCUT2D eigenvalue weighted by atomic mass is 9.82. The van der Waals surface area contributed by atoms with Crippen molar-refractivity contribution in [3.63, 3.8) is 0 Å². The van der Waals surface area contributed by atoms with Gasteiger partial charge in [0.05, 0.1) is 11.6 Å². The van der Waals surface area contributed by atoms with Crippen LogP contribution < -0.4 is 4.90 Å². The summed E-state index contributed by atoms with van der Waals surface area (Å²) in [6.07, 6.45) is 4.44. The van der Waals surface area contributed by atoms with Gasteiger partial charge < -0.3 is 9.32 Å². The van der Waals surface area contributed by atoms with Crippen LogP contribution in [0.25, 0.3) is 62.3 Å². The van der Waals surface area contributed by atoms with Gasteiger partial charge in [-0.15, -0.1) is 0 Å². The molecule has 0 radical (unpaired) electrons. The van der Waals surface area contributed by atoms with Gasteiger partial charge in [0.15, 0.2) is 17.5 Å². The van der Waals surface area contributed by atoms with Crippen molar-refractivity contribution in [1.29, 1.82) is 0 Å². The predicted octanol–water partition coefficient (Wildman–Crippen LogP) is 11.0. The summed E-state index contributed by atoms with van der Waals surface area (Å²) < 4.78 is 6.79. The highest BCUT2D eigenvalue weighted by Gasteiger charge is 2.43. The van der Waals surface area contributed by atoms with E-state index in [1.54, 1.807) is 0 Å². The first-order valence-electron chi connectivity index (χ1n) is 16.9. The van der Waals surface area contributed by atoms with Crippen LogP contribution in [0, 0.1) is 0 Å². The maximum absolute atomic E-state index is 6.79. The van der Waals surface area contributed by atoms with Crippen molar-refractivity contribution >= 4 is 28.4 Å². The molecule has 0 spiro atoms. The van der Waals surface area contributed by atoms with E-state index in [2.05, 4.69) is 114 Å². The summed E-state index contributed by atoms with van der Waals surface area (Å²) in [6, 6.07) is 54.8. The van der Waals surface area contributed by atoms with Crippen molar-refractivity contribution in [1.82, 2.24) is 15.0 Å². The SMILES string of the molecule is C1=CC2C(c3ccccc3N2c2ccc(-c3ccccc3)cc2)c2c1oc1c(-c3nc(-c4ccccc4)nc(-c4ccccc4)n3)cccc21. The van der Waals surface area contributed by atoms with Gasteiger partial charge in [0.1, 0.15) is 11.3 Å². The monoisotopic (exact) mass is 642 g/mol. The van der Waals surface area contributed by atoms with Crippen molar-refractivity contribution in [2.24, 2.45) is 0 Å². The van der Waals surface area contributed by atoms with Gasteiger partial charge in [0.25, 0.3) is 0 Å². The summed E-state index contributed by atoms with van der Waals surface area (Å²) in [4.78, 5) is 17.4. The second-order valence-electron chi connectivity index (χ2n) is 12.8. The van der Waals surface area contributed by atoms with Crippen molar-refractivity contribution in [2.75, 3.05) is 4.90 Å². The summed E-state index contributed by atoms with van der Waals surface area (Å²) in [5.41, 5.74) is 10.8. The average molecular weight is 643 g/mol. The minimum atomic E-state index is 0.0922. The van der Waals surface area contributed by atoms with Gasteiger partial charge in [-0.05, 0) is 47.0 Å². The number of hydrogen-bond donors (Lipinski definition) is 0. The fraction of sp³-hybridized carbons (Fsp3) is 0.0444. The standard InChI is InChI=1S/C45H30N4O/c1-4-13-29(14-5-1)30-23-25-33(26-24-30)49-37-22-11-10-19-34(37)40-38(49)27-28-39-41(40)35-20-12-21-36(42(35)50-39)45-47-43(31-15-6-2-7-16-31)46-44(48-45)32-17-8-3-9-18-32/h1-28,38,40H. The molecule has 0 amide bonds. The normalized spacial score (nSPS) is 15.9. The average Bonchev–Trinajstić information content (AvgIpc) is 3.75. The largest absolute Gasteiger partial charge is 0.456 e. The Morgan fingerprint density at radius 2 is 1.08 bits per heavy atom. The van der Waals surface area contributed by atoms with E-state index in [9.17, 15) is 0 Å². The van der Waals surface area contributed by atoms with Crippen LogP contribution in [0.3, 0.4) is 0 Å². The van der Waals surface area contributed by atoms with Crippen molar-refractivity contribution < 1.29 is 4.42 Å². The first-order chi connectivity index (χ1) is 24.8. The molecule has 5 nitrogen and oxygen atoms in total. The molecule has 0 fully saturated rings. The lowest BCUT2D eigenvalue weighted by Crippen LogP contribution is -2.30. The zero-order valence-electron chi connectivity index (χ0n) is 27.0. The fourth-order valence-electron chi connectivity index (χ4n) is 7.64. The summed E-state index contributed by atoms with van der Waals surface area (Å²) in [5, 5.41) is 1.08. The second kappa shape index (κ2) is 11.5. The van der Waals surface area contributed by atoms with Crippen LogP contribution in [0.15, 0.2) is 168 Å². The molecule has 1 aliphatic heterocycles. The summed E-state index contributed by atoms with van der Waals surface area (Å²) in [7, 11) is 0. The number of rotatable bonds is 5. The van der Waals surface area contributed by atoms with Crippen LogP contribution in [-0.2, 0) is 0 Å². The third-order valence-electron chi connectivity index (χ3n) is 9.90. The molecular weight excluding hydrogens is 613 g/mol. The molecule has 5 heteroatoms. The number of anilines is 2. The van der Waals surface area contributed by atoms with Crippen LogP contribution in [-0.4, -0.2) is 21.0 Å².